The molecule has 0 spiro atoms. The quantitative estimate of drug-likeness (QED) is 0.838. The lowest BCUT2D eigenvalue weighted by atomic mass is 9.87. The second-order valence-corrected chi connectivity index (χ2v) is 5.80. The molecule has 15 heavy (non-hydrogen) atoms. The molecular weight excluding hydrogens is 206 g/mol. The summed E-state index contributed by atoms with van der Waals surface area (Å²) in [6, 6.07) is 4.31. The first-order valence-electron chi connectivity index (χ1n) is 5.25. The van der Waals surface area contributed by atoms with Crippen LogP contribution in [0.25, 0.3) is 0 Å². The van der Waals surface area contributed by atoms with E-state index in [1.54, 1.807) is 11.3 Å². The van der Waals surface area contributed by atoms with Crippen molar-refractivity contribution in [1.29, 1.82) is 0 Å². The lowest BCUT2D eigenvalue weighted by molar-refractivity contribution is -0.129. The highest BCUT2D eigenvalue weighted by molar-refractivity contribution is 7.09. The van der Waals surface area contributed by atoms with E-state index in [9.17, 15) is 4.79 Å². The van der Waals surface area contributed by atoms with Gasteiger partial charge in [0.2, 0.25) is 5.91 Å². The SMILES string of the molecule is CC(C)NC(=O)C(C)(C)Cc1cccs1. The maximum absolute atomic E-state index is 11.9. The number of carbonyl (C=O) groups is 1. The van der Waals surface area contributed by atoms with Crippen LogP contribution < -0.4 is 5.32 Å². The van der Waals surface area contributed by atoms with E-state index in [1.165, 1.54) is 4.88 Å². The van der Waals surface area contributed by atoms with Gasteiger partial charge in [-0.2, -0.15) is 0 Å². The van der Waals surface area contributed by atoms with Crippen molar-refractivity contribution in [2.75, 3.05) is 0 Å². The first-order chi connectivity index (χ1) is 6.92. The third-order valence-electron chi connectivity index (χ3n) is 2.23. The third-order valence-corrected chi connectivity index (χ3v) is 3.11. The monoisotopic (exact) mass is 225 g/mol. The molecule has 0 saturated heterocycles. The Kier molecular flexibility index (Phi) is 3.91. The van der Waals surface area contributed by atoms with Gasteiger partial charge in [-0.15, -0.1) is 11.3 Å². The number of carbonyl (C=O) groups excluding carboxylic acids is 1. The van der Waals surface area contributed by atoms with Crippen LogP contribution in [0.4, 0.5) is 0 Å². The lowest BCUT2D eigenvalue weighted by Gasteiger charge is -2.24. The Bertz CT molecular complexity index is 314. The molecule has 0 aliphatic rings. The molecule has 0 bridgehead atoms. The Labute approximate surface area is 95.7 Å². The Morgan fingerprint density at radius 3 is 2.67 bits per heavy atom. The minimum Gasteiger partial charge on any atom is -0.353 e. The highest BCUT2D eigenvalue weighted by Crippen LogP contribution is 2.24. The van der Waals surface area contributed by atoms with Gasteiger partial charge in [0.25, 0.3) is 0 Å². The number of hydrogen-bond acceptors (Lipinski definition) is 2. The van der Waals surface area contributed by atoms with Crippen molar-refractivity contribution in [1.82, 2.24) is 5.32 Å². The molecule has 2 nitrogen and oxygen atoms in total. The lowest BCUT2D eigenvalue weighted by Crippen LogP contribution is -2.41. The number of thiophene rings is 1. The first-order valence-corrected chi connectivity index (χ1v) is 6.13. The molecule has 1 aromatic rings. The van der Waals surface area contributed by atoms with Crippen LogP contribution in [0, 0.1) is 5.41 Å². The molecule has 0 saturated carbocycles. The summed E-state index contributed by atoms with van der Waals surface area (Å²) in [6.07, 6.45) is 0.809. The van der Waals surface area contributed by atoms with Gasteiger partial charge in [-0.3, -0.25) is 4.79 Å². The molecule has 1 N–H and O–H groups in total. The zero-order chi connectivity index (χ0) is 11.5. The van der Waals surface area contributed by atoms with Gasteiger partial charge < -0.3 is 5.32 Å². The Morgan fingerprint density at radius 1 is 1.53 bits per heavy atom. The van der Waals surface area contributed by atoms with Crippen LogP contribution in [0.3, 0.4) is 0 Å². The summed E-state index contributed by atoms with van der Waals surface area (Å²) in [5, 5.41) is 5.01. The molecule has 1 rings (SSSR count). The van der Waals surface area contributed by atoms with Gasteiger partial charge in [-0.05, 0) is 31.7 Å². The van der Waals surface area contributed by atoms with E-state index in [2.05, 4.69) is 11.4 Å². The smallest absolute Gasteiger partial charge is 0.226 e. The second kappa shape index (κ2) is 4.79. The first kappa shape index (κ1) is 12.2. The van der Waals surface area contributed by atoms with Crippen molar-refractivity contribution in [3.8, 4) is 0 Å². The summed E-state index contributed by atoms with van der Waals surface area (Å²) < 4.78 is 0. The standard InChI is InChI=1S/C12H19NOS/c1-9(2)13-11(14)12(3,4)8-10-6-5-7-15-10/h5-7,9H,8H2,1-4H3,(H,13,14). The topological polar surface area (TPSA) is 29.1 Å². The van der Waals surface area contributed by atoms with Crippen LogP contribution in [0.5, 0.6) is 0 Å². The molecule has 1 aromatic heterocycles. The van der Waals surface area contributed by atoms with Gasteiger partial charge in [0.1, 0.15) is 0 Å². The zero-order valence-electron chi connectivity index (χ0n) is 9.83. The van der Waals surface area contributed by atoms with E-state index in [1.807, 2.05) is 39.1 Å². The van der Waals surface area contributed by atoms with Gasteiger partial charge in [0.05, 0.1) is 0 Å². The summed E-state index contributed by atoms with van der Waals surface area (Å²) in [5.74, 6) is 0.130. The van der Waals surface area contributed by atoms with Crippen LogP contribution in [0.2, 0.25) is 0 Å². The van der Waals surface area contributed by atoms with Crippen molar-refractivity contribution in [2.24, 2.45) is 5.41 Å². The molecule has 3 heteroatoms. The molecule has 1 amide bonds. The molecule has 0 atom stereocenters. The summed E-state index contributed by atoms with van der Waals surface area (Å²) in [6.45, 7) is 7.95. The molecule has 84 valence electrons. The Morgan fingerprint density at radius 2 is 2.20 bits per heavy atom. The van der Waals surface area contributed by atoms with E-state index in [0.717, 1.165) is 6.42 Å². The van der Waals surface area contributed by atoms with Crippen molar-refractivity contribution >= 4 is 17.2 Å². The maximum Gasteiger partial charge on any atom is 0.226 e. The number of rotatable bonds is 4. The Hall–Kier alpha value is -0.830. The van der Waals surface area contributed by atoms with E-state index >= 15 is 0 Å². The molecular formula is C12H19NOS. The maximum atomic E-state index is 11.9. The predicted octanol–water partition coefficient (Wildman–Crippen LogP) is 2.84. The normalized spacial score (nSPS) is 11.8. The van der Waals surface area contributed by atoms with E-state index in [0.29, 0.717) is 0 Å². The second-order valence-electron chi connectivity index (χ2n) is 4.77. The van der Waals surface area contributed by atoms with Crippen molar-refractivity contribution < 1.29 is 4.79 Å². The fraction of sp³-hybridized carbons (Fsp3) is 0.583. The fourth-order valence-corrected chi connectivity index (χ4v) is 2.32. The van der Waals surface area contributed by atoms with Crippen LogP contribution in [0.15, 0.2) is 17.5 Å². The number of amides is 1. The molecule has 1 heterocycles. The highest BCUT2D eigenvalue weighted by Gasteiger charge is 2.28. The third kappa shape index (κ3) is 3.67. The molecule has 0 aromatic carbocycles. The molecule has 0 aliphatic heterocycles. The average Bonchev–Trinajstić information content (AvgIpc) is 2.54. The van der Waals surface area contributed by atoms with Crippen LogP contribution in [0.1, 0.15) is 32.6 Å². The van der Waals surface area contributed by atoms with E-state index < -0.39 is 0 Å². The van der Waals surface area contributed by atoms with Crippen LogP contribution in [-0.2, 0) is 11.2 Å². The molecule has 0 radical (unpaired) electrons. The minimum absolute atomic E-state index is 0.130. The summed E-state index contributed by atoms with van der Waals surface area (Å²) >= 11 is 1.71. The summed E-state index contributed by atoms with van der Waals surface area (Å²) in [7, 11) is 0. The van der Waals surface area contributed by atoms with Crippen LogP contribution >= 0.6 is 11.3 Å². The summed E-state index contributed by atoms with van der Waals surface area (Å²) in [5.41, 5.74) is -0.324. The average molecular weight is 225 g/mol. The number of nitrogens with one attached hydrogen (secondary N) is 1. The van der Waals surface area contributed by atoms with Crippen molar-refractivity contribution in [3.63, 3.8) is 0 Å². The van der Waals surface area contributed by atoms with Gasteiger partial charge in [0.15, 0.2) is 0 Å². The number of hydrogen-bond donors (Lipinski definition) is 1. The van der Waals surface area contributed by atoms with E-state index in [4.69, 9.17) is 0 Å². The van der Waals surface area contributed by atoms with Gasteiger partial charge in [-0.1, -0.05) is 19.9 Å². The Balaban J connectivity index is 2.62. The van der Waals surface area contributed by atoms with Crippen molar-refractivity contribution in [3.05, 3.63) is 22.4 Å². The zero-order valence-corrected chi connectivity index (χ0v) is 10.6. The van der Waals surface area contributed by atoms with Crippen molar-refractivity contribution in [2.45, 2.75) is 40.2 Å². The highest BCUT2D eigenvalue weighted by atomic mass is 32.1. The van der Waals surface area contributed by atoms with Crippen LogP contribution in [-0.4, -0.2) is 11.9 Å². The largest absolute Gasteiger partial charge is 0.353 e. The minimum atomic E-state index is -0.324. The predicted molar refractivity (Wildman–Crippen MR) is 65.1 cm³/mol. The molecule has 0 unspecified atom stereocenters. The molecule has 0 aliphatic carbocycles. The van der Waals surface area contributed by atoms with Gasteiger partial charge >= 0.3 is 0 Å². The van der Waals surface area contributed by atoms with E-state index in [-0.39, 0.29) is 17.4 Å². The van der Waals surface area contributed by atoms with Gasteiger partial charge in [0, 0.05) is 16.3 Å². The fourth-order valence-electron chi connectivity index (χ4n) is 1.39. The van der Waals surface area contributed by atoms with Gasteiger partial charge in [-0.25, -0.2) is 0 Å². The molecule has 0 fully saturated rings. The summed E-state index contributed by atoms with van der Waals surface area (Å²) in [4.78, 5) is 13.2.